The number of hydrogen-bond donors (Lipinski definition) is 1. The first-order valence-corrected chi connectivity index (χ1v) is 8.13. The molecule has 0 amide bonds. The first-order valence-electron chi connectivity index (χ1n) is 5.62. The molecule has 3 nitrogen and oxygen atoms in total. The summed E-state index contributed by atoms with van der Waals surface area (Å²) < 4.78 is 0.0225. The number of aromatic nitrogens is 1. The third-order valence-corrected chi connectivity index (χ3v) is 6.04. The van der Waals surface area contributed by atoms with Crippen molar-refractivity contribution in [2.45, 2.75) is 24.1 Å². The van der Waals surface area contributed by atoms with Crippen molar-refractivity contribution in [3.63, 3.8) is 0 Å². The largest absolute Gasteiger partial charge is 0.392 e. The lowest BCUT2D eigenvalue weighted by Gasteiger charge is -2.39. The van der Waals surface area contributed by atoms with Crippen molar-refractivity contribution >= 4 is 40.3 Å². The van der Waals surface area contributed by atoms with Gasteiger partial charge in [-0.25, -0.2) is 4.98 Å². The van der Waals surface area contributed by atoms with E-state index in [0.717, 1.165) is 32.5 Å². The first-order chi connectivity index (χ1) is 8.16. The van der Waals surface area contributed by atoms with Crippen LogP contribution in [0.25, 0.3) is 0 Å². The van der Waals surface area contributed by atoms with Crippen LogP contribution in [0.1, 0.15) is 17.8 Å². The summed E-state index contributed by atoms with van der Waals surface area (Å²) in [5, 5.41) is 3.22. The summed E-state index contributed by atoms with van der Waals surface area (Å²) in [6.07, 6.45) is 6.07. The summed E-state index contributed by atoms with van der Waals surface area (Å²) in [4.78, 5) is 7.42. The maximum atomic E-state index is 5.88. The Balaban J connectivity index is 1.91. The van der Waals surface area contributed by atoms with Gasteiger partial charge in [-0.1, -0.05) is 12.2 Å². The molecule has 0 spiro atoms. The molecule has 0 unspecified atom stereocenters. The lowest BCUT2D eigenvalue weighted by Crippen LogP contribution is -2.48. The topological polar surface area (TPSA) is 42.1 Å². The molecule has 0 atom stereocenters. The number of likely N-dealkylation sites (tertiary alicyclic amines) is 1. The Hall–Kier alpha value is -0.170. The highest BCUT2D eigenvalue weighted by molar-refractivity contribution is 8.02. The number of thioether (sulfide) groups is 1. The van der Waals surface area contributed by atoms with E-state index >= 15 is 0 Å². The summed E-state index contributed by atoms with van der Waals surface area (Å²) in [6, 6.07) is 0. The molecule has 0 radical (unpaired) electrons. The molecule has 1 fully saturated rings. The lowest BCUT2D eigenvalue weighted by atomic mass is 9.95. The molecule has 0 bridgehead atoms. The second kappa shape index (κ2) is 5.65. The van der Waals surface area contributed by atoms with Crippen LogP contribution in [0.15, 0.2) is 11.6 Å². The fraction of sp³-hybridized carbons (Fsp3) is 0.636. The Morgan fingerprint density at radius 1 is 1.65 bits per heavy atom. The molecule has 0 aromatic carbocycles. The summed E-state index contributed by atoms with van der Waals surface area (Å²) in [6.45, 7) is 3.06. The van der Waals surface area contributed by atoms with Crippen molar-refractivity contribution in [2.24, 2.45) is 5.73 Å². The zero-order chi connectivity index (χ0) is 12.3. The minimum atomic E-state index is 0.0225. The number of nitrogens with two attached hydrogens (primary N) is 1. The van der Waals surface area contributed by atoms with Crippen LogP contribution in [-0.4, -0.2) is 39.0 Å². The molecule has 1 aliphatic heterocycles. The molecular formula is C11H17N3S3. The molecule has 6 heteroatoms. The normalized spacial score (nSPS) is 20.3. The predicted molar refractivity (Wildman–Crippen MR) is 79.7 cm³/mol. The van der Waals surface area contributed by atoms with Gasteiger partial charge in [-0.2, -0.15) is 11.8 Å². The predicted octanol–water partition coefficient (Wildman–Crippen LogP) is 2.13. The molecule has 17 heavy (non-hydrogen) atoms. The van der Waals surface area contributed by atoms with Gasteiger partial charge in [-0.3, -0.25) is 4.90 Å². The summed E-state index contributed by atoms with van der Waals surface area (Å²) in [5.74, 6) is 0. The highest BCUT2D eigenvalue weighted by Crippen LogP contribution is 2.35. The minimum absolute atomic E-state index is 0.0225. The van der Waals surface area contributed by atoms with Gasteiger partial charge >= 0.3 is 0 Å². The fourth-order valence-electron chi connectivity index (χ4n) is 2.15. The number of thiocarbonyl (C=S) groups is 1. The molecular weight excluding hydrogens is 270 g/mol. The SMILES string of the molecule is CSC1(C(N)=S)CCN(Cc2nccs2)CC1. The van der Waals surface area contributed by atoms with E-state index in [1.54, 1.807) is 23.1 Å². The zero-order valence-corrected chi connectivity index (χ0v) is 12.3. The molecule has 1 aliphatic rings. The monoisotopic (exact) mass is 287 g/mol. The Bertz CT molecular complexity index is 369. The van der Waals surface area contributed by atoms with Gasteiger partial charge in [-0.15, -0.1) is 11.3 Å². The molecule has 1 aromatic rings. The summed E-state index contributed by atoms with van der Waals surface area (Å²) >= 11 is 8.73. The second-order valence-electron chi connectivity index (χ2n) is 4.26. The minimum Gasteiger partial charge on any atom is -0.392 e. The molecule has 2 rings (SSSR count). The Kier molecular flexibility index (Phi) is 4.41. The molecule has 2 heterocycles. The molecule has 0 aliphatic carbocycles. The Morgan fingerprint density at radius 3 is 2.82 bits per heavy atom. The van der Waals surface area contributed by atoms with Gasteiger partial charge in [0, 0.05) is 24.7 Å². The van der Waals surface area contributed by atoms with Gasteiger partial charge < -0.3 is 5.73 Å². The van der Waals surface area contributed by atoms with Crippen molar-refractivity contribution in [3.05, 3.63) is 16.6 Å². The standard InChI is InChI=1S/C11H17N3S3/c1-16-11(10(12)15)2-5-14(6-3-11)8-9-13-4-7-17-9/h4,7H,2-3,5-6,8H2,1H3,(H2,12,15). The maximum Gasteiger partial charge on any atom is 0.107 e. The fourth-order valence-corrected chi connectivity index (χ4v) is 4.05. The summed E-state index contributed by atoms with van der Waals surface area (Å²) in [5.41, 5.74) is 5.88. The van der Waals surface area contributed by atoms with E-state index in [4.69, 9.17) is 18.0 Å². The zero-order valence-electron chi connectivity index (χ0n) is 9.89. The number of hydrogen-bond acceptors (Lipinski definition) is 5. The van der Waals surface area contributed by atoms with Crippen LogP contribution < -0.4 is 5.73 Å². The highest BCUT2D eigenvalue weighted by atomic mass is 32.2. The van der Waals surface area contributed by atoms with Crippen LogP contribution in [-0.2, 0) is 6.54 Å². The van der Waals surface area contributed by atoms with E-state index in [1.807, 2.05) is 11.6 Å². The highest BCUT2D eigenvalue weighted by Gasteiger charge is 2.36. The van der Waals surface area contributed by atoms with Gasteiger partial charge in [-0.05, 0) is 19.1 Å². The summed E-state index contributed by atoms with van der Waals surface area (Å²) in [7, 11) is 0. The van der Waals surface area contributed by atoms with E-state index in [-0.39, 0.29) is 4.75 Å². The number of nitrogens with zero attached hydrogens (tertiary/aromatic N) is 2. The van der Waals surface area contributed by atoms with Crippen LogP contribution in [0.4, 0.5) is 0 Å². The van der Waals surface area contributed by atoms with E-state index in [2.05, 4.69) is 16.1 Å². The average Bonchev–Trinajstić information content (AvgIpc) is 2.83. The number of rotatable bonds is 4. The van der Waals surface area contributed by atoms with Crippen LogP contribution in [0.2, 0.25) is 0 Å². The molecule has 0 saturated carbocycles. The van der Waals surface area contributed by atoms with Crippen molar-refractivity contribution in [1.82, 2.24) is 9.88 Å². The molecule has 94 valence electrons. The maximum absolute atomic E-state index is 5.88. The Morgan fingerprint density at radius 2 is 2.35 bits per heavy atom. The Labute approximate surface area is 116 Å². The van der Waals surface area contributed by atoms with E-state index < -0.39 is 0 Å². The average molecular weight is 287 g/mol. The van der Waals surface area contributed by atoms with Gasteiger partial charge in [0.15, 0.2) is 0 Å². The van der Waals surface area contributed by atoms with Crippen LogP contribution in [0, 0.1) is 0 Å². The lowest BCUT2D eigenvalue weighted by molar-refractivity contribution is 0.212. The van der Waals surface area contributed by atoms with E-state index in [0.29, 0.717) is 4.99 Å². The number of piperidine rings is 1. The van der Waals surface area contributed by atoms with Crippen molar-refractivity contribution in [3.8, 4) is 0 Å². The van der Waals surface area contributed by atoms with Gasteiger partial charge in [0.1, 0.15) is 5.01 Å². The van der Waals surface area contributed by atoms with Gasteiger partial charge in [0.05, 0.1) is 16.3 Å². The molecule has 1 saturated heterocycles. The van der Waals surface area contributed by atoms with Crippen LogP contribution in [0.3, 0.4) is 0 Å². The first kappa shape index (κ1) is 13.3. The van der Waals surface area contributed by atoms with Crippen molar-refractivity contribution in [2.75, 3.05) is 19.3 Å². The smallest absolute Gasteiger partial charge is 0.107 e. The van der Waals surface area contributed by atoms with Crippen LogP contribution >= 0.6 is 35.3 Å². The van der Waals surface area contributed by atoms with Crippen LogP contribution in [0.5, 0.6) is 0 Å². The van der Waals surface area contributed by atoms with E-state index in [9.17, 15) is 0 Å². The van der Waals surface area contributed by atoms with Gasteiger partial charge in [0.2, 0.25) is 0 Å². The molecule has 2 N–H and O–H groups in total. The van der Waals surface area contributed by atoms with Crippen molar-refractivity contribution < 1.29 is 0 Å². The third-order valence-electron chi connectivity index (χ3n) is 3.35. The van der Waals surface area contributed by atoms with Gasteiger partial charge in [0.25, 0.3) is 0 Å². The second-order valence-corrected chi connectivity index (χ2v) is 6.87. The third kappa shape index (κ3) is 2.99. The quantitative estimate of drug-likeness (QED) is 0.859. The number of thiazole rings is 1. The molecule has 1 aromatic heterocycles. The van der Waals surface area contributed by atoms with Crippen molar-refractivity contribution in [1.29, 1.82) is 0 Å². The van der Waals surface area contributed by atoms with E-state index in [1.165, 1.54) is 5.01 Å².